The molecule has 1 aliphatic rings. The van der Waals surface area contributed by atoms with Gasteiger partial charge in [-0.2, -0.15) is 4.98 Å². The van der Waals surface area contributed by atoms with Crippen molar-refractivity contribution in [3.8, 4) is 0 Å². The molecule has 1 saturated heterocycles. The van der Waals surface area contributed by atoms with Crippen molar-refractivity contribution >= 4 is 39.2 Å². The molecule has 6 nitrogen and oxygen atoms in total. The average molecular weight is 263 g/mol. The van der Waals surface area contributed by atoms with Crippen molar-refractivity contribution < 1.29 is 4.79 Å². The molecule has 0 unspecified atom stereocenters. The number of nitrogens with two attached hydrogens (primary N) is 1. The van der Waals surface area contributed by atoms with E-state index in [1.54, 1.807) is 11.3 Å². The van der Waals surface area contributed by atoms with Crippen LogP contribution in [0.3, 0.4) is 0 Å². The maximum atomic E-state index is 11.3. The van der Waals surface area contributed by atoms with E-state index in [1.165, 1.54) is 0 Å². The van der Waals surface area contributed by atoms with Crippen molar-refractivity contribution in [1.29, 1.82) is 0 Å². The number of aromatic nitrogens is 2. The molecular formula is C11H13N5OS. The highest BCUT2D eigenvalue weighted by Gasteiger charge is 2.18. The van der Waals surface area contributed by atoms with Crippen molar-refractivity contribution in [3.63, 3.8) is 0 Å². The van der Waals surface area contributed by atoms with Gasteiger partial charge in [-0.15, -0.1) is 11.3 Å². The molecule has 3 N–H and O–H groups in total. The summed E-state index contributed by atoms with van der Waals surface area (Å²) in [4.78, 5) is 22.9. The normalized spacial score (nSPS) is 16.7. The highest BCUT2D eigenvalue weighted by atomic mass is 32.1. The van der Waals surface area contributed by atoms with Crippen molar-refractivity contribution in [3.05, 3.63) is 11.4 Å². The Morgan fingerprint density at radius 2 is 2.28 bits per heavy atom. The molecule has 0 bridgehead atoms. The van der Waals surface area contributed by atoms with Crippen LogP contribution in [0.15, 0.2) is 11.4 Å². The molecule has 0 radical (unpaired) electrons. The zero-order chi connectivity index (χ0) is 12.5. The first-order valence-corrected chi connectivity index (χ1v) is 6.64. The Bertz CT molecular complexity index is 596. The highest BCUT2D eigenvalue weighted by molar-refractivity contribution is 7.16. The van der Waals surface area contributed by atoms with Gasteiger partial charge in [0.25, 0.3) is 0 Å². The van der Waals surface area contributed by atoms with Gasteiger partial charge >= 0.3 is 0 Å². The number of anilines is 2. The van der Waals surface area contributed by atoms with Crippen molar-refractivity contribution in [2.45, 2.75) is 6.42 Å². The molecule has 0 atom stereocenters. The minimum atomic E-state index is 0.0843. The molecule has 18 heavy (non-hydrogen) atoms. The van der Waals surface area contributed by atoms with Crippen LogP contribution in [0.4, 0.5) is 11.8 Å². The predicted octanol–water partition coefficient (Wildman–Crippen LogP) is 0.600. The molecule has 0 saturated carbocycles. The lowest BCUT2D eigenvalue weighted by Crippen LogP contribution is -2.29. The number of carbonyl (C=O) groups is 1. The Balaban J connectivity index is 2.02. The molecule has 2 aromatic rings. The number of carbonyl (C=O) groups excluding carboxylic acids is 1. The topological polar surface area (TPSA) is 84.1 Å². The summed E-state index contributed by atoms with van der Waals surface area (Å²) in [5.74, 6) is 1.19. The molecule has 1 aliphatic heterocycles. The number of nitrogens with one attached hydrogen (secondary N) is 1. The van der Waals surface area contributed by atoms with Crippen LogP contribution in [0.25, 0.3) is 10.2 Å². The van der Waals surface area contributed by atoms with Crippen LogP contribution < -0.4 is 16.0 Å². The number of nitrogens with zero attached hydrogens (tertiary/aromatic N) is 3. The van der Waals surface area contributed by atoms with Crippen LogP contribution in [-0.2, 0) is 4.79 Å². The van der Waals surface area contributed by atoms with E-state index in [1.807, 2.05) is 11.4 Å². The summed E-state index contributed by atoms with van der Waals surface area (Å²) in [7, 11) is 0. The van der Waals surface area contributed by atoms with Gasteiger partial charge in [0, 0.05) is 26.1 Å². The van der Waals surface area contributed by atoms with Crippen LogP contribution in [0.1, 0.15) is 6.42 Å². The third-order valence-corrected chi connectivity index (χ3v) is 3.74. The van der Waals surface area contributed by atoms with E-state index in [2.05, 4.69) is 20.2 Å². The van der Waals surface area contributed by atoms with Crippen LogP contribution >= 0.6 is 11.3 Å². The van der Waals surface area contributed by atoms with Gasteiger partial charge in [-0.1, -0.05) is 0 Å². The van der Waals surface area contributed by atoms with Gasteiger partial charge in [-0.25, -0.2) is 4.98 Å². The van der Waals surface area contributed by atoms with E-state index in [-0.39, 0.29) is 11.9 Å². The monoisotopic (exact) mass is 263 g/mol. The Labute approximate surface area is 108 Å². The minimum Gasteiger partial charge on any atom is -0.368 e. The van der Waals surface area contributed by atoms with E-state index >= 15 is 0 Å². The van der Waals surface area contributed by atoms with Gasteiger partial charge in [0.05, 0.1) is 5.39 Å². The van der Waals surface area contributed by atoms with Crippen molar-refractivity contribution in [2.75, 3.05) is 30.3 Å². The molecule has 2 aromatic heterocycles. The fraction of sp³-hybridized carbons (Fsp3) is 0.364. The molecule has 1 fully saturated rings. The summed E-state index contributed by atoms with van der Waals surface area (Å²) in [5, 5.41) is 5.83. The first-order valence-electron chi connectivity index (χ1n) is 5.76. The molecule has 0 spiro atoms. The van der Waals surface area contributed by atoms with Gasteiger partial charge in [0.1, 0.15) is 10.6 Å². The smallest absolute Gasteiger partial charge is 0.223 e. The molecule has 94 valence electrons. The third-order valence-electron chi connectivity index (χ3n) is 2.93. The Hall–Kier alpha value is -1.89. The van der Waals surface area contributed by atoms with E-state index in [0.29, 0.717) is 19.5 Å². The lowest BCUT2D eigenvalue weighted by atomic mass is 10.3. The molecule has 0 aliphatic carbocycles. The number of amides is 1. The van der Waals surface area contributed by atoms with Crippen LogP contribution in [0.5, 0.6) is 0 Å². The van der Waals surface area contributed by atoms with E-state index in [4.69, 9.17) is 5.73 Å². The van der Waals surface area contributed by atoms with Gasteiger partial charge in [0.2, 0.25) is 11.9 Å². The summed E-state index contributed by atoms with van der Waals surface area (Å²) in [6.45, 7) is 2.04. The molecule has 1 amide bonds. The summed E-state index contributed by atoms with van der Waals surface area (Å²) >= 11 is 1.55. The largest absolute Gasteiger partial charge is 0.368 e. The number of hydrogen-bond donors (Lipinski definition) is 2. The minimum absolute atomic E-state index is 0.0843. The number of hydrogen-bond acceptors (Lipinski definition) is 6. The zero-order valence-electron chi connectivity index (χ0n) is 9.72. The second-order valence-electron chi connectivity index (χ2n) is 4.13. The molecule has 7 heteroatoms. The first-order chi connectivity index (χ1) is 8.74. The zero-order valence-corrected chi connectivity index (χ0v) is 10.5. The lowest BCUT2D eigenvalue weighted by molar-refractivity contribution is -0.120. The first kappa shape index (κ1) is 11.2. The van der Waals surface area contributed by atoms with Crippen molar-refractivity contribution in [1.82, 2.24) is 15.3 Å². The SMILES string of the molecule is Nc1nc(N2CCNC(=O)CC2)c2ccsc2n1. The molecule has 3 rings (SSSR count). The highest BCUT2D eigenvalue weighted by Crippen LogP contribution is 2.28. The second kappa shape index (κ2) is 4.41. The van der Waals surface area contributed by atoms with Gasteiger partial charge in [-0.3, -0.25) is 4.79 Å². The van der Waals surface area contributed by atoms with Crippen LogP contribution in [-0.4, -0.2) is 35.5 Å². The number of fused-ring (bicyclic) bond motifs is 1. The Kier molecular flexibility index (Phi) is 2.75. The second-order valence-corrected chi connectivity index (χ2v) is 5.03. The lowest BCUT2D eigenvalue weighted by Gasteiger charge is -2.21. The van der Waals surface area contributed by atoms with E-state index < -0.39 is 0 Å². The molecule has 0 aromatic carbocycles. The summed E-state index contributed by atoms with van der Waals surface area (Å²) in [6.07, 6.45) is 0.482. The van der Waals surface area contributed by atoms with Gasteiger partial charge in [-0.05, 0) is 11.4 Å². The quantitative estimate of drug-likeness (QED) is 0.787. The third kappa shape index (κ3) is 1.97. The Morgan fingerprint density at radius 3 is 3.17 bits per heavy atom. The Morgan fingerprint density at radius 1 is 1.39 bits per heavy atom. The fourth-order valence-electron chi connectivity index (χ4n) is 2.08. The fourth-order valence-corrected chi connectivity index (χ4v) is 2.84. The maximum absolute atomic E-state index is 11.3. The molecule has 3 heterocycles. The van der Waals surface area contributed by atoms with Crippen molar-refractivity contribution in [2.24, 2.45) is 0 Å². The average Bonchev–Trinajstić information content (AvgIpc) is 2.70. The summed E-state index contributed by atoms with van der Waals surface area (Å²) in [6, 6.07) is 1.99. The number of thiophene rings is 1. The number of rotatable bonds is 1. The van der Waals surface area contributed by atoms with Gasteiger partial charge in [0.15, 0.2) is 0 Å². The molecular weight excluding hydrogens is 250 g/mol. The van der Waals surface area contributed by atoms with E-state index in [0.717, 1.165) is 22.6 Å². The number of nitrogen functional groups attached to an aromatic ring is 1. The van der Waals surface area contributed by atoms with Crippen LogP contribution in [0, 0.1) is 0 Å². The van der Waals surface area contributed by atoms with Crippen LogP contribution in [0.2, 0.25) is 0 Å². The standard InChI is InChI=1S/C11H13N5OS/c12-11-14-9(7-2-6-18-10(7)15-11)16-4-1-8(17)13-3-5-16/h2,6H,1,3-5H2,(H,13,17)(H2,12,14,15). The summed E-state index contributed by atoms with van der Waals surface area (Å²) in [5.41, 5.74) is 5.73. The van der Waals surface area contributed by atoms with Gasteiger partial charge < -0.3 is 16.0 Å². The maximum Gasteiger partial charge on any atom is 0.223 e. The van der Waals surface area contributed by atoms with E-state index in [9.17, 15) is 4.79 Å². The predicted molar refractivity (Wildman–Crippen MR) is 71.7 cm³/mol. The summed E-state index contributed by atoms with van der Waals surface area (Å²) < 4.78 is 0.